The summed E-state index contributed by atoms with van der Waals surface area (Å²) in [4.78, 5) is 0. The lowest BCUT2D eigenvalue weighted by atomic mass is 10.1. The van der Waals surface area contributed by atoms with Crippen molar-refractivity contribution in [3.63, 3.8) is 0 Å². The lowest BCUT2D eigenvalue weighted by molar-refractivity contribution is -0.339. The molecule has 0 bridgehead atoms. The van der Waals surface area contributed by atoms with E-state index >= 15 is 0 Å². The van der Waals surface area contributed by atoms with Crippen molar-refractivity contribution in [2.75, 3.05) is 13.2 Å². The Balaban J connectivity index is 2.84. The smallest absolute Gasteiger partial charge is 0.277 e. The van der Waals surface area contributed by atoms with E-state index in [-0.39, 0.29) is 5.82 Å². The third kappa shape index (κ3) is 4.20. The van der Waals surface area contributed by atoms with Gasteiger partial charge in [-0.15, -0.1) is 0 Å². The van der Waals surface area contributed by atoms with Crippen molar-refractivity contribution in [2.24, 2.45) is 0 Å². The Labute approximate surface area is 104 Å². The lowest BCUT2D eigenvalue weighted by Crippen LogP contribution is -2.41. The molecule has 0 N–H and O–H groups in total. The predicted molar refractivity (Wildman–Crippen MR) is 62.9 cm³/mol. The first kappa shape index (κ1) is 14.3. The van der Waals surface area contributed by atoms with E-state index in [1.807, 2.05) is 13.8 Å². The van der Waals surface area contributed by atoms with Crippen LogP contribution < -0.4 is 0 Å². The van der Waals surface area contributed by atoms with Gasteiger partial charge in [-0.25, -0.2) is 4.39 Å². The first-order valence-corrected chi connectivity index (χ1v) is 5.93. The number of benzene rings is 1. The predicted octanol–water partition coefficient (Wildman–Crippen LogP) is 2.20. The van der Waals surface area contributed by atoms with Crippen LogP contribution in [-0.4, -0.2) is 29.7 Å². The molecule has 0 aliphatic carbocycles. The molecule has 1 aromatic rings. The molecule has 0 aliphatic heterocycles. The summed E-state index contributed by atoms with van der Waals surface area (Å²) in [5.41, 5.74) is 0.741. The van der Waals surface area contributed by atoms with E-state index in [1.165, 1.54) is 12.1 Å². The van der Waals surface area contributed by atoms with Crippen LogP contribution in [0, 0.1) is 5.82 Å². The highest BCUT2D eigenvalue weighted by Gasteiger charge is 2.31. The van der Waals surface area contributed by atoms with Crippen LogP contribution in [0.1, 0.15) is 19.4 Å². The molecule has 0 fully saturated rings. The minimum Gasteiger partial charge on any atom is -0.371 e. The minimum atomic E-state index is -1.21. The normalized spacial score (nSPS) is 11.8. The van der Waals surface area contributed by atoms with Crippen molar-refractivity contribution in [3.8, 4) is 0 Å². The van der Waals surface area contributed by atoms with Crippen molar-refractivity contribution in [1.82, 2.24) is 0 Å². The highest BCUT2D eigenvalue weighted by molar-refractivity contribution is 5.98. The average Bonchev–Trinajstić information content (AvgIpc) is 2.29. The van der Waals surface area contributed by atoms with Crippen LogP contribution in [0.4, 0.5) is 4.39 Å². The second kappa shape index (κ2) is 6.86. The molecule has 0 saturated heterocycles. The molecule has 5 heteroatoms. The third-order valence-electron chi connectivity index (χ3n) is 2.19. The monoisotopic (exact) mass is 255 g/mol. The molecule has 0 heterocycles. The van der Waals surface area contributed by atoms with Crippen molar-refractivity contribution >= 4 is 10.5 Å². The summed E-state index contributed by atoms with van der Waals surface area (Å²) in [6.45, 7) is 4.54. The number of ether oxygens (including phenoxy) is 2. The molecule has 0 atom stereocenters. The fourth-order valence-electron chi connectivity index (χ4n) is 1.58. The zero-order valence-electron chi connectivity index (χ0n) is 10.0. The van der Waals surface area contributed by atoms with E-state index < -0.39 is 5.97 Å². The van der Waals surface area contributed by atoms with Crippen molar-refractivity contribution in [1.29, 1.82) is 0 Å². The van der Waals surface area contributed by atoms with E-state index in [0.717, 1.165) is 5.56 Å². The summed E-state index contributed by atoms with van der Waals surface area (Å²) in [6.07, 6.45) is 0.302. The molecular formula is C12H16FO3Si. The topological polar surface area (TPSA) is 27.7 Å². The first-order chi connectivity index (χ1) is 8.15. The van der Waals surface area contributed by atoms with Gasteiger partial charge in [-0.05, 0) is 31.5 Å². The van der Waals surface area contributed by atoms with E-state index in [9.17, 15) is 4.39 Å². The molecule has 0 amide bonds. The summed E-state index contributed by atoms with van der Waals surface area (Å²) < 4.78 is 29.1. The standard InChI is InChI=1S/C12H16FO3Si/c1-3-14-12(16-17,15-4-2)9-10-6-5-7-11(13)8-10/h5-8H,3-4,9H2,1-2H3. The van der Waals surface area contributed by atoms with Crippen LogP contribution in [0.25, 0.3) is 0 Å². The molecule has 1 aromatic carbocycles. The zero-order valence-corrected chi connectivity index (χ0v) is 11.0. The van der Waals surface area contributed by atoms with Gasteiger partial charge in [0.1, 0.15) is 5.82 Å². The Bertz CT molecular complexity index is 340. The molecule has 0 spiro atoms. The van der Waals surface area contributed by atoms with Crippen LogP contribution >= 0.6 is 0 Å². The minimum absolute atomic E-state index is 0.293. The summed E-state index contributed by atoms with van der Waals surface area (Å²) in [7, 11) is 2.96. The SMILES string of the molecule is CCOC(Cc1cccc(F)c1)(O[Si])OCC. The Morgan fingerprint density at radius 1 is 1.24 bits per heavy atom. The number of halogens is 1. The van der Waals surface area contributed by atoms with E-state index in [0.29, 0.717) is 19.6 Å². The second-order valence-corrected chi connectivity index (χ2v) is 3.66. The Kier molecular flexibility index (Phi) is 5.77. The maximum absolute atomic E-state index is 13.1. The van der Waals surface area contributed by atoms with Crippen LogP contribution in [0.2, 0.25) is 0 Å². The summed E-state index contributed by atoms with van der Waals surface area (Å²) in [5, 5.41) is 0. The van der Waals surface area contributed by atoms with Gasteiger partial charge < -0.3 is 13.9 Å². The molecule has 93 valence electrons. The quantitative estimate of drug-likeness (QED) is 0.552. The van der Waals surface area contributed by atoms with Crippen molar-refractivity contribution in [2.45, 2.75) is 26.2 Å². The van der Waals surface area contributed by atoms with Crippen molar-refractivity contribution in [3.05, 3.63) is 35.6 Å². The molecule has 3 radical (unpaired) electrons. The largest absolute Gasteiger partial charge is 0.371 e. The fraction of sp³-hybridized carbons (Fsp3) is 0.500. The maximum atomic E-state index is 13.1. The lowest BCUT2D eigenvalue weighted by Gasteiger charge is -2.31. The Morgan fingerprint density at radius 2 is 1.88 bits per heavy atom. The third-order valence-corrected chi connectivity index (χ3v) is 2.50. The van der Waals surface area contributed by atoms with E-state index in [1.54, 1.807) is 12.1 Å². The van der Waals surface area contributed by atoms with Gasteiger partial charge in [-0.1, -0.05) is 12.1 Å². The molecule has 1 rings (SSSR count). The summed E-state index contributed by atoms with van der Waals surface area (Å²) in [5.74, 6) is -1.51. The maximum Gasteiger partial charge on any atom is 0.277 e. The van der Waals surface area contributed by atoms with Crippen LogP contribution in [-0.2, 0) is 20.3 Å². The highest BCUT2D eigenvalue weighted by atomic mass is 28.2. The molecular weight excluding hydrogens is 239 g/mol. The van der Waals surface area contributed by atoms with Gasteiger partial charge in [-0.2, -0.15) is 0 Å². The van der Waals surface area contributed by atoms with Gasteiger partial charge in [0, 0.05) is 13.2 Å². The van der Waals surface area contributed by atoms with Gasteiger partial charge in [0.05, 0.1) is 6.42 Å². The number of rotatable bonds is 7. The van der Waals surface area contributed by atoms with E-state index in [2.05, 4.69) is 10.5 Å². The van der Waals surface area contributed by atoms with E-state index in [4.69, 9.17) is 13.9 Å². The molecule has 3 nitrogen and oxygen atoms in total. The van der Waals surface area contributed by atoms with Crippen molar-refractivity contribution < 1.29 is 18.3 Å². The van der Waals surface area contributed by atoms with Gasteiger partial charge in [0.25, 0.3) is 16.5 Å². The van der Waals surface area contributed by atoms with Gasteiger partial charge in [0.15, 0.2) is 0 Å². The Hall–Kier alpha value is -0.753. The first-order valence-electron chi connectivity index (χ1n) is 5.53. The van der Waals surface area contributed by atoms with Crippen LogP contribution in [0.5, 0.6) is 0 Å². The molecule has 0 aromatic heterocycles. The molecule has 17 heavy (non-hydrogen) atoms. The molecule has 0 saturated carbocycles. The number of hydrogen-bond donors (Lipinski definition) is 0. The molecule has 0 aliphatic rings. The highest BCUT2D eigenvalue weighted by Crippen LogP contribution is 2.21. The van der Waals surface area contributed by atoms with Gasteiger partial charge in [-0.3, -0.25) is 0 Å². The molecule has 0 unspecified atom stereocenters. The summed E-state index contributed by atoms with van der Waals surface area (Å²) in [6, 6.07) is 6.25. The summed E-state index contributed by atoms with van der Waals surface area (Å²) >= 11 is 0. The van der Waals surface area contributed by atoms with Crippen LogP contribution in [0.3, 0.4) is 0 Å². The zero-order chi connectivity index (χ0) is 12.7. The fourth-order valence-corrected chi connectivity index (χ4v) is 1.77. The number of hydrogen-bond acceptors (Lipinski definition) is 3. The Morgan fingerprint density at radius 3 is 2.35 bits per heavy atom. The van der Waals surface area contributed by atoms with Gasteiger partial charge >= 0.3 is 0 Å². The van der Waals surface area contributed by atoms with Gasteiger partial charge in [0.2, 0.25) is 0 Å². The second-order valence-electron chi connectivity index (χ2n) is 3.46. The average molecular weight is 255 g/mol. The van der Waals surface area contributed by atoms with Crippen LogP contribution in [0.15, 0.2) is 24.3 Å².